The SMILES string of the molecule is CC(C)c1c(C(=O)Nc2ccc(OCc3ccccc3)cc2)c(-c2ccccc2)c(-c2ccc(F)cc2)n1CCC1CC(CC(=O)OC(C)(C)C)OC(C)(C)O1. The van der Waals surface area contributed by atoms with Gasteiger partial charge in [-0.05, 0) is 112 Å². The fourth-order valence-electron chi connectivity index (χ4n) is 7.43. The number of amides is 1. The van der Waals surface area contributed by atoms with Crippen molar-refractivity contribution in [3.63, 3.8) is 0 Å². The number of esters is 1. The Morgan fingerprint density at radius 2 is 1.48 bits per heavy atom. The molecule has 1 aliphatic rings. The number of rotatable bonds is 13. The predicted octanol–water partition coefficient (Wildman–Crippen LogP) is 10.9. The monoisotopic (exact) mass is 760 g/mol. The molecule has 56 heavy (non-hydrogen) atoms. The van der Waals surface area contributed by atoms with Crippen LogP contribution in [-0.2, 0) is 32.2 Å². The predicted molar refractivity (Wildman–Crippen MR) is 218 cm³/mol. The molecule has 2 unspecified atom stereocenters. The van der Waals surface area contributed by atoms with Crippen molar-refractivity contribution in [2.45, 2.75) is 110 Å². The summed E-state index contributed by atoms with van der Waals surface area (Å²) in [6, 6.07) is 33.6. The molecule has 0 bridgehead atoms. The zero-order valence-electron chi connectivity index (χ0n) is 33.4. The summed E-state index contributed by atoms with van der Waals surface area (Å²) in [7, 11) is 0. The van der Waals surface area contributed by atoms with Gasteiger partial charge >= 0.3 is 5.97 Å². The minimum atomic E-state index is -0.921. The normalized spacial score (nSPS) is 16.7. The molecule has 0 aliphatic carbocycles. The van der Waals surface area contributed by atoms with Crippen molar-refractivity contribution in [3.05, 3.63) is 132 Å². The molecule has 5 aromatic rings. The Labute approximate surface area is 329 Å². The minimum absolute atomic E-state index is 0.0758. The van der Waals surface area contributed by atoms with Crippen LogP contribution < -0.4 is 10.1 Å². The highest BCUT2D eigenvalue weighted by Gasteiger charge is 2.38. The smallest absolute Gasteiger partial charge is 0.308 e. The van der Waals surface area contributed by atoms with Crippen LogP contribution in [0.4, 0.5) is 10.1 Å². The van der Waals surface area contributed by atoms with Crippen LogP contribution in [0.5, 0.6) is 5.75 Å². The van der Waals surface area contributed by atoms with E-state index in [2.05, 4.69) is 23.7 Å². The molecule has 0 radical (unpaired) electrons. The number of hydrogen-bond donors (Lipinski definition) is 1. The van der Waals surface area contributed by atoms with Gasteiger partial charge in [-0.3, -0.25) is 9.59 Å². The second-order valence-electron chi connectivity index (χ2n) is 16.1. The van der Waals surface area contributed by atoms with E-state index in [1.165, 1.54) is 12.1 Å². The van der Waals surface area contributed by atoms with E-state index in [9.17, 15) is 14.0 Å². The Hall–Kier alpha value is -5.25. The second-order valence-corrected chi connectivity index (χ2v) is 16.1. The Bertz CT molecular complexity index is 2090. The fraction of sp³-hybridized carbons (Fsp3) is 0.362. The number of carbonyl (C=O) groups is 2. The van der Waals surface area contributed by atoms with E-state index >= 15 is 0 Å². The van der Waals surface area contributed by atoms with E-state index in [1.54, 1.807) is 12.1 Å². The van der Waals surface area contributed by atoms with Gasteiger partial charge in [0.1, 0.15) is 23.8 Å². The lowest BCUT2D eigenvalue weighted by molar-refractivity contribution is -0.301. The molecule has 6 rings (SSSR count). The first-order valence-electron chi connectivity index (χ1n) is 19.4. The maximum Gasteiger partial charge on any atom is 0.308 e. The second kappa shape index (κ2) is 17.3. The van der Waals surface area contributed by atoms with E-state index in [4.69, 9.17) is 18.9 Å². The maximum absolute atomic E-state index is 14.7. The number of carbonyl (C=O) groups excluding carboxylic acids is 2. The van der Waals surface area contributed by atoms with Gasteiger partial charge in [0.2, 0.25) is 0 Å². The highest BCUT2D eigenvalue weighted by Crippen LogP contribution is 2.43. The molecule has 1 fully saturated rings. The van der Waals surface area contributed by atoms with Crippen molar-refractivity contribution in [2.24, 2.45) is 0 Å². The largest absolute Gasteiger partial charge is 0.489 e. The number of aromatic nitrogens is 1. The summed E-state index contributed by atoms with van der Waals surface area (Å²) in [6.45, 7) is 14.3. The van der Waals surface area contributed by atoms with Crippen LogP contribution in [0.25, 0.3) is 22.4 Å². The summed E-state index contributed by atoms with van der Waals surface area (Å²) < 4.78 is 40.8. The van der Waals surface area contributed by atoms with Crippen LogP contribution in [-0.4, -0.2) is 40.0 Å². The number of benzene rings is 4. The average molecular weight is 761 g/mol. The van der Waals surface area contributed by atoms with Gasteiger partial charge in [0.25, 0.3) is 5.91 Å². The lowest BCUT2D eigenvalue weighted by atomic mass is 9.94. The van der Waals surface area contributed by atoms with Crippen LogP contribution in [0.1, 0.15) is 95.3 Å². The standard InChI is InChI=1S/C47H53FN2O6/c1-31(2)43-42(45(52)49-36-22-24-37(25-23-36)53-30-32-14-10-8-11-15-32)41(33-16-12-9-13-17-33)44(34-18-20-35(48)21-19-34)50(43)27-26-38-28-39(55-47(6,7)54-38)29-40(51)56-46(3,4)5/h8-25,31,38-39H,26-30H2,1-7H3,(H,49,52). The molecule has 1 N–H and O–H groups in total. The lowest BCUT2D eigenvalue weighted by Crippen LogP contribution is -2.46. The molecule has 2 atom stereocenters. The molecule has 1 amide bonds. The van der Waals surface area contributed by atoms with E-state index < -0.39 is 11.4 Å². The third-order valence-electron chi connectivity index (χ3n) is 9.53. The summed E-state index contributed by atoms with van der Waals surface area (Å²) in [4.78, 5) is 27.5. The number of nitrogens with zero attached hydrogens (tertiary/aromatic N) is 1. The van der Waals surface area contributed by atoms with Crippen LogP contribution in [0.3, 0.4) is 0 Å². The Balaban J connectivity index is 1.36. The van der Waals surface area contributed by atoms with Gasteiger partial charge in [-0.25, -0.2) is 4.39 Å². The van der Waals surface area contributed by atoms with Crippen LogP contribution in [0.15, 0.2) is 109 Å². The van der Waals surface area contributed by atoms with Crippen molar-refractivity contribution in [2.75, 3.05) is 5.32 Å². The average Bonchev–Trinajstić information content (AvgIpc) is 3.49. The first kappa shape index (κ1) is 40.4. The number of halogens is 1. The topological polar surface area (TPSA) is 88.0 Å². The Morgan fingerprint density at radius 1 is 0.857 bits per heavy atom. The van der Waals surface area contributed by atoms with E-state index in [-0.39, 0.29) is 42.2 Å². The molecule has 1 saturated heterocycles. The molecule has 1 aliphatic heterocycles. The first-order valence-corrected chi connectivity index (χ1v) is 19.4. The molecule has 8 nitrogen and oxygen atoms in total. The van der Waals surface area contributed by atoms with Gasteiger partial charge in [0.15, 0.2) is 5.79 Å². The quantitative estimate of drug-likeness (QED) is 0.120. The molecule has 2 heterocycles. The third-order valence-corrected chi connectivity index (χ3v) is 9.53. The van der Waals surface area contributed by atoms with E-state index in [0.29, 0.717) is 43.0 Å². The van der Waals surface area contributed by atoms with Crippen molar-refractivity contribution >= 4 is 17.6 Å². The van der Waals surface area contributed by atoms with Crippen LogP contribution >= 0.6 is 0 Å². The van der Waals surface area contributed by atoms with Gasteiger partial charge in [-0.1, -0.05) is 74.5 Å². The van der Waals surface area contributed by atoms with Gasteiger partial charge in [0.05, 0.1) is 29.9 Å². The van der Waals surface area contributed by atoms with Crippen molar-refractivity contribution < 1.29 is 32.9 Å². The summed E-state index contributed by atoms with van der Waals surface area (Å²) in [5, 5.41) is 3.17. The molecule has 0 spiro atoms. The maximum atomic E-state index is 14.7. The van der Waals surface area contributed by atoms with Gasteiger partial charge < -0.3 is 28.8 Å². The summed E-state index contributed by atoms with van der Waals surface area (Å²) in [5.74, 6) is -1.23. The van der Waals surface area contributed by atoms with Gasteiger partial charge in [-0.2, -0.15) is 0 Å². The Kier molecular flexibility index (Phi) is 12.5. The summed E-state index contributed by atoms with van der Waals surface area (Å²) in [6.07, 6.45) is 0.539. The Morgan fingerprint density at radius 3 is 2.11 bits per heavy atom. The minimum Gasteiger partial charge on any atom is -0.489 e. The summed E-state index contributed by atoms with van der Waals surface area (Å²) in [5.41, 5.74) is 5.70. The van der Waals surface area contributed by atoms with E-state index in [0.717, 1.165) is 33.6 Å². The number of ether oxygens (including phenoxy) is 4. The molecular weight excluding hydrogens is 708 g/mol. The van der Waals surface area contributed by atoms with Crippen LogP contribution in [0, 0.1) is 5.82 Å². The molecular formula is C47H53FN2O6. The van der Waals surface area contributed by atoms with Crippen LogP contribution in [0.2, 0.25) is 0 Å². The van der Waals surface area contributed by atoms with Crippen molar-refractivity contribution in [1.82, 2.24) is 4.57 Å². The zero-order valence-corrected chi connectivity index (χ0v) is 33.4. The fourth-order valence-corrected chi connectivity index (χ4v) is 7.43. The molecule has 4 aromatic carbocycles. The van der Waals surface area contributed by atoms with Gasteiger partial charge in [0, 0.05) is 29.9 Å². The number of hydrogen-bond acceptors (Lipinski definition) is 6. The number of anilines is 1. The van der Waals surface area contributed by atoms with Gasteiger partial charge in [-0.15, -0.1) is 0 Å². The molecule has 1 aromatic heterocycles. The van der Waals surface area contributed by atoms with Crippen molar-refractivity contribution in [3.8, 4) is 28.1 Å². The third kappa shape index (κ3) is 10.3. The molecule has 9 heteroatoms. The van der Waals surface area contributed by atoms with Crippen molar-refractivity contribution in [1.29, 1.82) is 0 Å². The molecule has 294 valence electrons. The summed E-state index contributed by atoms with van der Waals surface area (Å²) >= 11 is 0. The highest BCUT2D eigenvalue weighted by atomic mass is 19.1. The molecule has 0 saturated carbocycles. The lowest BCUT2D eigenvalue weighted by Gasteiger charge is -2.41. The zero-order chi connectivity index (χ0) is 40.0. The highest BCUT2D eigenvalue weighted by molar-refractivity contribution is 6.12. The van der Waals surface area contributed by atoms with E-state index in [1.807, 2.05) is 120 Å². The number of nitrogens with one attached hydrogen (secondary N) is 1. The first-order chi connectivity index (χ1) is 26.7.